The summed E-state index contributed by atoms with van der Waals surface area (Å²) < 4.78 is 11.0. The quantitative estimate of drug-likeness (QED) is 0.272. The summed E-state index contributed by atoms with van der Waals surface area (Å²) in [7, 11) is 0. The molecule has 3 N–H and O–H groups in total. The first-order chi connectivity index (χ1) is 18.6. The number of aryl methyl sites for hydroxylation is 2. The van der Waals surface area contributed by atoms with Gasteiger partial charge in [0.25, 0.3) is 11.8 Å². The molecule has 4 rings (SSSR count). The summed E-state index contributed by atoms with van der Waals surface area (Å²) in [5.41, 5.74) is 3.26. The molecule has 13 heteroatoms. The van der Waals surface area contributed by atoms with Crippen LogP contribution in [0.15, 0.2) is 30.7 Å². The van der Waals surface area contributed by atoms with Gasteiger partial charge in [0.1, 0.15) is 17.9 Å². The number of carbonyl (C=O) groups is 4. The molecule has 1 atom stereocenters. The van der Waals surface area contributed by atoms with Gasteiger partial charge >= 0.3 is 12.1 Å². The summed E-state index contributed by atoms with van der Waals surface area (Å²) in [6.07, 6.45) is 2.38. The van der Waals surface area contributed by atoms with Crippen LogP contribution in [0, 0.1) is 13.8 Å². The highest BCUT2D eigenvalue weighted by atomic mass is 16.7. The topological polar surface area (TPSA) is 164 Å². The molecule has 2 heterocycles. The summed E-state index contributed by atoms with van der Waals surface area (Å²) in [5, 5.41) is 19.6. The van der Waals surface area contributed by atoms with Crippen molar-refractivity contribution < 1.29 is 33.8 Å². The Hall–Kier alpha value is -4.52. The SMILES string of the molecule is CCN(C(=O)OCOC(=O)C(C)O)C(=O)c1cn2ncnc(Nc3cc(C(=O)NC4CC4)ccc3C)c2c1C. The summed E-state index contributed by atoms with van der Waals surface area (Å²) in [5.74, 6) is -1.35. The smallest absolute Gasteiger partial charge is 0.419 e. The lowest BCUT2D eigenvalue weighted by Gasteiger charge is -2.18. The molecule has 0 radical (unpaired) electrons. The molecule has 2 aromatic heterocycles. The molecule has 0 aliphatic heterocycles. The molecule has 3 amide bonds. The van der Waals surface area contributed by atoms with Gasteiger partial charge in [-0.2, -0.15) is 5.10 Å². The summed E-state index contributed by atoms with van der Waals surface area (Å²) in [6, 6.07) is 5.58. The lowest BCUT2D eigenvalue weighted by molar-refractivity contribution is -0.161. The molecular weight excluding hydrogens is 508 g/mol. The number of fused-ring (bicyclic) bond motifs is 1. The van der Waals surface area contributed by atoms with Crippen LogP contribution >= 0.6 is 0 Å². The number of aliphatic hydroxyl groups excluding tert-OH is 1. The van der Waals surface area contributed by atoms with Gasteiger partial charge in [-0.05, 0) is 63.8 Å². The number of imide groups is 1. The van der Waals surface area contributed by atoms with E-state index >= 15 is 0 Å². The maximum absolute atomic E-state index is 13.3. The van der Waals surface area contributed by atoms with Gasteiger partial charge in [0.05, 0.1) is 5.56 Å². The van der Waals surface area contributed by atoms with Crippen LogP contribution in [0.5, 0.6) is 0 Å². The van der Waals surface area contributed by atoms with Crippen LogP contribution in [0.1, 0.15) is 58.5 Å². The first-order valence-corrected chi connectivity index (χ1v) is 12.5. The van der Waals surface area contributed by atoms with Crippen LogP contribution in [0.2, 0.25) is 0 Å². The number of esters is 1. The van der Waals surface area contributed by atoms with Crippen LogP contribution in [-0.4, -0.2) is 74.0 Å². The van der Waals surface area contributed by atoms with E-state index in [1.807, 2.05) is 13.0 Å². The zero-order valence-corrected chi connectivity index (χ0v) is 22.1. The monoisotopic (exact) mass is 538 g/mol. The molecule has 1 aromatic carbocycles. The van der Waals surface area contributed by atoms with Gasteiger partial charge in [0.2, 0.25) is 6.79 Å². The van der Waals surface area contributed by atoms with Gasteiger partial charge < -0.3 is 25.2 Å². The van der Waals surface area contributed by atoms with Gasteiger partial charge in [-0.1, -0.05) is 6.07 Å². The predicted molar refractivity (Wildman–Crippen MR) is 139 cm³/mol. The molecule has 206 valence electrons. The Balaban J connectivity index is 1.56. The van der Waals surface area contributed by atoms with Crippen LogP contribution in [0.4, 0.5) is 16.3 Å². The van der Waals surface area contributed by atoms with Crippen molar-refractivity contribution in [2.24, 2.45) is 0 Å². The van der Waals surface area contributed by atoms with Crippen molar-refractivity contribution >= 4 is 40.9 Å². The Kier molecular flexibility index (Phi) is 8.10. The van der Waals surface area contributed by atoms with Crippen molar-refractivity contribution in [1.82, 2.24) is 24.8 Å². The standard InChI is InChI=1S/C26H30N6O7/c1-5-31(26(37)39-13-38-25(36)16(4)33)24(35)19-11-32-21(15(19)3)22(27-12-28-32)30-20-10-17(7-6-14(20)2)23(34)29-18-8-9-18/h6-7,10-12,16,18,33H,5,8-9,13H2,1-4H3,(H,29,34)(H,27,28,30). The third kappa shape index (κ3) is 6.14. The Morgan fingerprint density at radius 3 is 2.62 bits per heavy atom. The number of nitrogens with zero attached hydrogens (tertiary/aromatic N) is 4. The Bertz CT molecular complexity index is 1430. The van der Waals surface area contributed by atoms with E-state index in [1.54, 1.807) is 26.0 Å². The van der Waals surface area contributed by atoms with E-state index in [0.29, 0.717) is 28.1 Å². The molecule has 1 aliphatic rings. The average Bonchev–Trinajstić information content (AvgIpc) is 3.65. The van der Waals surface area contributed by atoms with Crippen molar-refractivity contribution in [3.8, 4) is 0 Å². The number of carbonyl (C=O) groups excluding carboxylic acids is 4. The Labute approximate surface area is 224 Å². The molecule has 0 bridgehead atoms. The second kappa shape index (κ2) is 11.5. The number of benzene rings is 1. The molecule has 13 nitrogen and oxygen atoms in total. The number of hydrogen-bond donors (Lipinski definition) is 3. The molecule has 1 unspecified atom stereocenters. The second-order valence-corrected chi connectivity index (χ2v) is 9.19. The van der Waals surface area contributed by atoms with E-state index in [2.05, 4.69) is 25.5 Å². The number of nitrogens with one attached hydrogen (secondary N) is 2. The number of rotatable bonds is 9. The molecular formula is C26H30N6O7. The molecule has 3 aromatic rings. The van der Waals surface area contributed by atoms with Crippen LogP contribution < -0.4 is 10.6 Å². The molecule has 0 saturated heterocycles. The fourth-order valence-electron chi connectivity index (χ4n) is 3.83. The lowest BCUT2D eigenvalue weighted by Crippen LogP contribution is -2.38. The summed E-state index contributed by atoms with van der Waals surface area (Å²) in [6.45, 7) is 5.63. The minimum absolute atomic E-state index is 0.0145. The number of hydrogen-bond acceptors (Lipinski definition) is 10. The maximum atomic E-state index is 13.3. The third-order valence-corrected chi connectivity index (χ3v) is 6.23. The minimum Gasteiger partial charge on any atom is -0.426 e. The highest BCUT2D eigenvalue weighted by Crippen LogP contribution is 2.28. The molecule has 0 spiro atoms. The Morgan fingerprint density at radius 1 is 1.21 bits per heavy atom. The maximum Gasteiger partial charge on any atom is 0.419 e. The third-order valence-electron chi connectivity index (χ3n) is 6.23. The van der Waals surface area contributed by atoms with E-state index in [4.69, 9.17) is 9.84 Å². The van der Waals surface area contributed by atoms with E-state index in [-0.39, 0.29) is 24.1 Å². The van der Waals surface area contributed by atoms with Gasteiger partial charge in [-0.3, -0.25) is 9.59 Å². The van der Waals surface area contributed by atoms with Gasteiger partial charge in [0.15, 0.2) is 5.82 Å². The highest BCUT2D eigenvalue weighted by Gasteiger charge is 2.28. The number of amides is 3. The highest BCUT2D eigenvalue weighted by molar-refractivity contribution is 6.05. The van der Waals surface area contributed by atoms with E-state index in [9.17, 15) is 19.2 Å². The van der Waals surface area contributed by atoms with Crippen molar-refractivity contribution in [1.29, 1.82) is 0 Å². The molecule has 1 fully saturated rings. The number of aromatic nitrogens is 3. The largest absolute Gasteiger partial charge is 0.426 e. The molecule has 39 heavy (non-hydrogen) atoms. The van der Waals surface area contributed by atoms with E-state index < -0.39 is 30.9 Å². The summed E-state index contributed by atoms with van der Waals surface area (Å²) in [4.78, 5) is 54.9. The first kappa shape index (κ1) is 27.5. The predicted octanol–water partition coefficient (Wildman–Crippen LogP) is 2.46. The van der Waals surface area contributed by atoms with Crippen molar-refractivity contribution in [2.75, 3.05) is 18.7 Å². The van der Waals surface area contributed by atoms with Gasteiger partial charge in [-0.15, -0.1) is 0 Å². The fourth-order valence-corrected chi connectivity index (χ4v) is 3.83. The van der Waals surface area contributed by atoms with E-state index in [0.717, 1.165) is 23.3 Å². The lowest BCUT2D eigenvalue weighted by atomic mass is 10.1. The summed E-state index contributed by atoms with van der Waals surface area (Å²) >= 11 is 0. The van der Waals surface area contributed by atoms with E-state index in [1.165, 1.54) is 24.0 Å². The average molecular weight is 539 g/mol. The Morgan fingerprint density at radius 2 is 1.95 bits per heavy atom. The fraction of sp³-hybridized carbons (Fsp3) is 0.385. The zero-order chi connectivity index (χ0) is 28.3. The first-order valence-electron chi connectivity index (χ1n) is 12.5. The van der Waals surface area contributed by atoms with Gasteiger partial charge in [-0.25, -0.2) is 24.0 Å². The van der Waals surface area contributed by atoms with Crippen molar-refractivity contribution in [3.05, 3.63) is 53.0 Å². The van der Waals surface area contributed by atoms with Crippen LogP contribution in [-0.2, 0) is 14.3 Å². The number of aliphatic hydroxyl groups is 1. The second-order valence-electron chi connectivity index (χ2n) is 9.19. The molecule has 1 saturated carbocycles. The number of ether oxygens (including phenoxy) is 2. The minimum atomic E-state index is -1.38. The van der Waals surface area contributed by atoms with Crippen molar-refractivity contribution in [3.63, 3.8) is 0 Å². The van der Waals surface area contributed by atoms with Crippen LogP contribution in [0.3, 0.4) is 0 Å². The zero-order valence-electron chi connectivity index (χ0n) is 22.1. The normalized spacial score (nSPS) is 13.5. The number of anilines is 2. The molecule has 1 aliphatic carbocycles. The van der Waals surface area contributed by atoms with Gasteiger partial charge in [0, 0.05) is 30.0 Å². The van der Waals surface area contributed by atoms with Crippen molar-refractivity contribution in [2.45, 2.75) is 52.7 Å². The van der Waals surface area contributed by atoms with Crippen LogP contribution in [0.25, 0.3) is 5.52 Å².